The van der Waals surface area contributed by atoms with Gasteiger partial charge in [0.05, 0.1) is 18.3 Å². The van der Waals surface area contributed by atoms with Crippen LogP contribution < -0.4 is 4.90 Å². The summed E-state index contributed by atoms with van der Waals surface area (Å²) in [6, 6.07) is 0.144. The standard InChI is InChI=1S/C13H22N2O3S/c1-8(7-18-6)15(5)12-14-10(13(2,3)4)9(19-12)11(16)17/h8H,7H2,1-6H3,(H,16,17). The molecule has 1 heterocycles. The minimum Gasteiger partial charge on any atom is -0.477 e. The van der Waals surface area contributed by atoms with Crippen molar-refractivity contribution in [2.75, 3.05) is 25.7 Å². The summed E-state index contributed by atoms with van der Waals surface area (Å²) in [4.78, 5) is 18.1. The lowest BCUT2D eigenvalue weighted by Gasteiger charge is -2.23. The highest BCUT2D eigenvalue weighted by atomic mass is 32.1. The molecule has 0 amide bonds. The maximum atomic E-state index is 11.3. The molecular weight excluding hydrogens is 264 g/mol. The molecule has 0 aliphatic heterocycles. The van der Waals surface area contributed by atoms with E-state index >= 15 is 0 Å². The van der Waals surface area contributed by atoms with Gasteiger partial charge in [-0.2, -0.15) is 0 Å². The van der Waals surface area contributed by atoms with Crippen molar-refractivity contribution in [3.63, 3.8) is 0 Å². The Labute approximate surface area is 118 Å². The lowest BCUT2D eigenvalue weighted by Crippen LogP contribution is -2.32. The Bertz CT molecular complexity index is 451. The number of anilines is 1. The number of hydrogen-bond acceptors (Lipinski definition) is 5. The summed E-state index contributed by atoms with van der Waals surface area (Å²) >= 11 is 1.22. The molecule has 0 aromatic carbocycles. The number of aromatic nitrogens is 1. The van der Waals surface area contributed by atoms with Crippen molar-refractivity contribution >= 4 is 22.4 Å². The van der Waals surface area contributed by atoms with E-state index in [4.69, 9.17) is 4.74 Å². The molecule has 1 N–H and O–H groups in total. The van der Waals surface area contributed by atoms with Crippen LogP contribution in [0.15, 0.2) is 0 Å². The fraction of sp³-hybridized carbons (Fsp3) is 0.692. The van der Waals surface area contributed by atoms with Crippen molar-refractivity contribution in [1.82, 2.24) is 4.98 Å². The topological polar surface area (TPSA) is 62.7 Å². The number of methoxy groups -OCH3 is 1. The molecule has 0 saturated carbocycles. The Morgan fingerprint density at radius 1 is 1.53 bits per heavy atom. The van der Waals surface area contributed by atoms with Crippen LogP contribution in [0.4, 0.5) is 5.13 Å². The maximum absolute atomic E-state index is 11.3. The predicted octanol–water partition coefficient (Wildman–Crippen LogP) is 2.61. The monoisotopic (exact) mass is 286 g/mol. The van der Waals surface area contributed by atoms with Crippen molar-refractivity contribution in [2.24, 2.45) is 0 Å². The van der Waals surface area contributed by atoms with E-state index in [2.05, 4.69) is 4.98 Å². The largest absolute Gasteiger partial charge is 0.477 e. The number of carboxylic acids is 1. The quantitative estimate of drug-likeness (QED) is 0.901. The van der Waals surface area contributed by atoms with Gasteiger partial charge in [0.2, 0.25) is 0 Å². The minimum absolute atomic E-state index is 0.144. The molecule has 0 saturated heterocycles. The van der Waals surface area contributed by atoms with Crippen molar-refractivity contribution in [2.45, 2.75) is 39.2 Å². The van der Waals surface area contributed by atoms with E-state index in [1.54, 1.807) is 7.11 Å². The highest BCUT2D eigenvalue weighted by Crippen LogP contribution is 2.34. The fourth-order valence-electron chi connectivity index (χ4n) is 1.65. The second-order valence-corrected chi connectivity index (χ2v) is 6.62. The average Bonchev–Trinajstić information content (AvgIpc) is 2.72. The van der Waals surface area contributed by atoms with E-state index < -0.39 is 5.97 Å². The van der Waals surface area contributed by atoms with E-state index in [1.807, 2.05) is 39.6 Å². The van der Waals surface area contributed by atoms with Crippen LogP contribution >= 0.6 is 11.3 Å². The molecule has 0 aliphatic rings. The minimum atomic E-state index is -0.915. The molecular formula is C13H22N2O3S. The Balaban J connectivity index is 3.15. The van der Waals surface area contributed by atoms with Crippen LogP contribution in [0.5, 0.6) is 0 Å². The summed E-state index contributed by atoms with van der Waals surface area (Å²) in [5, 5.41) is 10.0. The molecule has 0 aliphatic carbocycles. The van der Waals surface area contributed by atoms with Gasteiger partial charge in [0.25, 0.3) is 0 Å². The SMILES string of the molecule is COCC(C)N(C)c1nc(C(C)(C)C)c(C(=O)O)s1. The summed E-state index contributed by atoms with van der Waals surface area (Å²) in [5.41, 5.74) is 0.352. The van der Waals surface area contributed by atoms with E-state index in [9.17, 15) is 9.90 Å². The van der Waals surface area contributed by atoms with Crippen LogP contribution in [0.3, 0.4) is 0 Å². The highest BCUT2D eigenvalue weighted by Gasteiger charge is 2.28. The number of aromatic carboxylic acids is 1. The van der Waals surface area contributed by atoms with Gasteiger partial charge in [0.15, 0.2) is 5.13 Å². The summed E-state index contributed by atoms with van der Waals surface area (Å²) in [6.07, 6.45) is 0. The second-order valence-electron chi connectivity index (χ2n) is 5.64. The molecule has 5 nitrogen and oxygen atoms in total. The van der Waals surface area contributed by atoms with Gasteiger partial charge in [0.1, 0.15) is 4.88 Å². The molecule has 1 atom stereocenters. The first-order valence-electron chi connectivity index (χ1n) is 6.14. The lowest BCUT2D eigenvalue weighted by molar-refractivity contribution is 0.0699. The van der Waals surface area contributed by atoms with E-state index in [-0.39, 0.29) is 11.5 Å². The number of carboxylic acid groups (broad SMARTS) is 1. The summed E-state index contributed by atoms with van der Waals surface area (Å²) in [5.74, 6) is -0.915. The Morgan fingerprint density at radius 3 is 2.47 bits per heavy atom. The van der Waals surface area contributed by atoms with Crippen LogP contribution in [0.25, 0.3) is 0 Å². The van der Waals surface area contributed by atoms with Crippen molar-refractivity contribution in [3.8, 4) is 0 Å². The van der Waals surface area contributed by atoms with Crippen LogP contribution in [0, 0.1) is 0 Å². The molecule has 0 radical (unpaired) electrons. The molecule has 108 valence electrons. The molecule has 0 bridgehead atoms. The number of nitrogens with zero attached hydrogens (tertiary/aromatic N) is 2. The van der Waals surface area contributed by atoms with Crippen molar-refractivity contribution in [3.05, 3.63) is 10.6 Å². The van der Waals surface area contributed by atoms with Gasteiger partial charge >= 0.3 is 5.97 Å². The smallest absolute Gasteiger partial charge is 0.347 e. The number of hydrogen-bond donors (Lipinski definition) is 1. The van der Waals surface area contributed by atoms with E-state index in [0.717, 1.165) is 0 Å². The molecule has 0 fully saturated rings. The van der Waals surface area contributed by atoms with Gasteiger partial charge < -0.3 is 14.7 Å². The van der Waals surface area contributed by atoms with Gasteiger partial charge in [-0.1, -0.05) is 32.1 Å². The number of thiazole rings is 1. The molecule has 6 heteroatoms. The lowest BCUT2D eigenvalue weighted by atomic mass is 9.91. The summed E-state index contributed by atoms with van der Waals surface area (Å²) in [6.45, 7) is 8.50. The first kappa shape index (κ1) is 15.9. The molecule has 19 heavy (non-hydrogen) atoms. The Hall–Kier alpha value is -1.14. The third kappa shape index (κ3) is 3.67. The second kappa shape index (κ2) is 5.88. The number of likely N-dealkylation sites (N-methyl/N-ethyl adjacent to an activating group) is 1. The zero-order valence-corrected chi connectivity index (χ0v) is 13.2. The Morgan fingerprint density at radius 2 is 2.11 bits per heavy atom. The summed E-state index contributed by atoms with van der Waals surface area (Å²) < 4.78 is 5.12. The molecule has 1 aromatic heterocycles. The first-order chi connectivity index (χ1) is 8.68. The van der Waals surface area contributed by atoms with Crippen molar-refractivity contribution < 1.29 is 14.6 Å². The van der Waals surface area contributed by atoms with Crippen LogP contribution in [0.2, 0.25) is 0 Å². The van der Waals surface area contributed by atoms with Gasteiger partial charge in [-0.05, 0) is 6.92 Å². The summed E-state index contributed by atoms with van der Waals surface area (Å²) in [7, 11) is 3.55. The number of rotatable bonds is 5. The van der Waals surface area contributed by atoms with Crippen LogP contribution in [-0.4, -0.2) is 42.9 Å². The van der Waals surface area contributed by atoms with Gasteiger partial charge in [-0.25, -0.2) is 9.78 Å². The molecule has 1 aromatic rings. The number of carbonyl (C=O) groups is 1. The third-order valence-electron chi connectivity index (χ3n) is 2.89. The molecule has 0 spiro atoms. The molecule has 1 rings (SSSR count). The van der Waals surface area contributed by atoms with Crippen LogP contribution in [-0.2, 0) is 10.2 Å². The molecule has 1 unspecified atom stereocenters. The van der Waals surface area contributed by atoms with Gasteiger partial charge in [0, 0.05) is 19.6 Å². The third-order valence-corrected chi connectivity index (χ3v) is 4.03. The average molecular weight is 286 g/mol. The van der Waals surface area contributed by atoms with E-state index in [0.29, 0.717) is 22.3 Å². The van der Waals surface area contributed by atoms with Crippen LogP contribution in [0.1, 0.15) is 43.1 Å². The highest BCUT2D eigenvalue weighted by molar-refractivity contribution is 7.17. The normalized spacial score (nSPS) is 13.4. The first-order valence-corrected chi connectivity index (χ1v) is 6.96. The zero-order chi connectivity index (χ0) is 14.8. The van der Waals surface area contributed by atoms with Gasteiger partial charge in [-0.3, -0.25) is 0 Å². The fourth-order valence-corrected chi connectivity index (χ4v) is 2.83. The van der Waals surface area contributed by atoms with Gasteiger partial charge in [-0.15, -0.1) is 0 Å². The zero-order valence-electron chi connectivity index (χ0n) is 12.4. The number of ether oxygens (including phenoxy) is 1. The Kier molecular flexibility index (Phi) is 4.92. The predicted molar refractivity (Wildman–Crippen MR) is 77.5 cm³/mol. The maximum Gasteiger partial charge on any atom is 0.347 e. The van der Waals surface area contributed by atoms with E-state index in [1.165, 1.54) is 11.3 Å². The van der Waals surface area contributed by atoms with Crippen molar-refractivity contribution in [1.29, 1.82) is 0 Å².